The van der Waals surface area contributed by atoms with E-state index in [1.807, 2.05) is 0 Å². The lowest BCUT2D eigenvalue weighted by atomic mass is 10.3. The van der Waals surface area contributed by atoms with E-state index in [-0.39, 0.29) is 16.5 Å². The Morgan fingerprint density at radius 2 is 2.12 bits per heavy atom. The lowest BCUT2D eigenvalue weighted by Gasteiger charge is -2.15. The van der Waals surface area contributed by atoms with Crippen LogP contribution in [-0.2, 0) is 10.0 Å². The maximum Gasteiger partial charge on any atom is 0.242 e. The van der Waals surface area contributed by atoms with Crippen molar-refractivity contribution < 1.29 is 17.9 Å². The normalized spacial score (nSPS) is 18.1. The van der Waals surface area contributed by atoms with Crippen molar-refractivity contribution in [2.45, 2.75) is 23.3 Å². The van der Waals surface area contributed by atoms with Gasteiger partial charge in [0.2, 0.25) is 10.0 Å². The summed E-state index contributed by atoms with van der Waals surface area (Å²) in [5.74, 6) is -0.600. The fourth-order valence-corrected chi connectivity index (χ4v) is 3.46. The van der Waals surface area contributed by atoms with Crippen LogP contribution < -0.4 is 4.72 Å². The number of halogens is 2. The van der Waals surface area contributed by atoms with Gasteiger partial charge in [-0.3, -0.25) is 0 Å². The highest BCUT2D eigenvalue weighted by molar-refractivity contribution is 7.89. The Labute approximate surface area is 103 Å². The molecule has 1 aliphatic rings. The molecule has 1 saturated carbocycles. The number of aliphatic hydroxyl groups is 1. The quantitative estimate of drug-likeness (QED) is 0.873. The van der Waals surface area contributed by atoms with Crippen molar-refractivity contribution in [2.75, 3.05) is 6.61 Å². The second kappa shape index (κ2) is 4.20. The molecule has 2 rings (SSSR count). The predicted molar refractivity (Wildman–Crippen MR) is 60.8 cm³/mol. The van der Waals surface area contributed by atoms with E-state index in [2.05, 4.69) is 4.72 Å². The maximum absolute atomic E-state index is 12.8. The standard InChI is InChI=1S/C10H11ClFNO3S/c11-8-5-7(12)1-2-9(8)17(15,16)13-10(6-14)3-4-10/h1-2,5,13-14H,3-4,6H2. The molecule has 0 atom stereocenters. The van der Waals surface area contributed by atoms with Gasteiger partial charge in [0.1, 0.15) is 10.7 Å². The van der Waals surface area contributed by atoms with Crippen LogP contribution in [-0.4, -0.2) is 25.7 Å². The van der Waals surface area contributed by atoms with Gasteiger partial charge in [-0.25, -0.2) is 17.5 Å². The SMILES string of the molecule is O=S(=O)(NC1(CO)CC1)c1ccc(F)cc1Cl. The van der Waals surface area contributed by atoms with Crippen molar-refractivity contribution in [1.29, 1.82) is 0 Å². The molecule has 1 aromatic carbocycles. The Balaban J connectivity index is 2.32. The molecule has 0 radical (unpaired) electrons. The number of benzene rings is 1. The molecule has 0 unspecified atom stereocenters. The van der Waals surface area contributed by atoms with Crippen molar-refractivity contribution >= 4 is 21.6 Å². The van der Waals surface area contributed by atoms with Crippen molar-refractivity contribution in [2.24, 2.45) is 0 Å². The van der Waals surface area contributed by atoms with Gasteiger partial charge in [0.25, 0.3) is 0 Å². The van der Waals surface area contributed by atoms with E-state index in [4.69, 9.17) is 16.7 Å². The minimum Gasteiger partial charge on any atom is -0.394 e. The summed E-state index contributed by atoms with van der Waals surface area (Å²) < 4.78 is 39.1. The number of sulfonamides is 1. The molecule has 1 aromatic rings. The number of aliphatic hydroxyl groups excluding tert-OH is 1. The molecular formula is C10H11ClFNO3S. The fourth-order valence-electron chi connectivity index (χ4n) is 1.48. The van der Waals surface area contributed by atoms with Gasteiger partial charge >= 0.3 is 0 Å². The molecule has 7 heteroatoms. The number of nitrogens with one attached hydrogen (secondary N) is 1. The molecule has 0 heterocycles. The first-order valence-corrected chi connectivity index (χ1v) is 6.85. The minimum absolute atomic E-state index is 0.175. The smallest absolute Gasteiger partial charge is 0.242 e. The Morgan fingerprint density at radius 3 is 2.59 bits per heavy atom. The van der Waals surface area contributed by atoms with Crippen LogP contribution in [0.2, 0.25) is 5.02 Å². The Kier molecular flexibility index (Phi) is 3.15. The third-order valence-electron chi connectivity index (χ3n) is 2.69. The fraction of sp³-hybridized carbons (Fsp3) is 0.400. The summed E-state index contributed by atoms with van der Waals surface area (Å²) in [6.07, 6.45) is 1.17. The second-order valence-corrected chi connectivity index (χ2v) is 6.18. The van der Waals surface area contributed by atoms with Gasteiger partial charge in [-0.05, 0) is 31.0 Å². The third kappa shape index (κ3) is 2.60. The lowest BCUT2D eigenvalue weighted by Crippen LogP contribution is -2.39. The van der Waals surface area contributed by atoms with Crippen molar-refractivity contribution in [3.63, 3.8) is 0 Å². The summed E-state index contributed by atoms with van der Waals surface area (Å²) in [6, 6.07) is 3.07. The maximum atomic E-state index is 12.8. The molecule has 0 spiro atoms. The van der Waals surface area contributed by atoms with Gasteiger partial charge in [0.15, 0.2) is 0 Å². The first-order chi connectivity index (χ1) is 7.88. The second-order valence-electron chi connectivity index (χ2n) is 4.12. The summed E-state index contributed by atoms with van der Waals surface area (Å²) in [7, 11) is -3.82. The Morgan fingerprint density at radius 1 is 1.47 bits per heavy atom. The van der Waals surface area contributed by atoms with Gasteiger partial charge in [-0.1, -0.05) is 11.6 Å². The topological polar surface area (TPSA) is 66.4 Å². The molecule has 0 bridgehead atoms. The molecule has 1 fully saturated rings. The number of rotatable bonds is 4. The highest BCUT2D eigenvalue weighted by Gasteiger charge is 2.45. The van der Waals surface area contributed by atoms with Crippen LogP contribution in [0.3, 0.4) is 0 Å². The molecule has 0 aliphatic heterocycles. The van der Waals surface area contributed by atoms with Crippen LogP contribution in [0, 0.1) is 5.82 Å². The average molecular weight is 280 g/mol. The molecule has 0 amide bonds. The zero-order chi connectivity index (χ0) is 12.7. The molecule has 1 aliphatic carbocycles. The van der Waals surface area contributed by atoms with Crippen LogP contribution in [0.15, 0.2) is 23.1 Å². The number of hydrogen-bond acceptors (Lipinski definition) is 3. The molecule has 0 aromatic heterocycles. The van der Waals surface area contributed by atoms with Gasteiger partial charge in [0.05, 0.1) is 17.2 Å². The van der Waals surface area contributed by atoms with Crippen molar-refractivity contribution in [3.05, 3.63) is 29.0 Å². The highest BCUT2D eigenvalue weighted by atomic mass is 35.5. The Hall–Kier alpha value is -0.690. The molecular weight excluding hydrogens is 269 g/mol. The zero-order valence-electron chi connectivity index (χ0n) is 8.78. The van der Waals surface area contributed by atoms with Gasteiger partial charge in [-0.2, -0.15) is 0 Å². The van der Waals surface area contributed by atoms with Gasteiger partial charge in [-0.15, -0.1) is 0 Å². The van der Waals surface area contributed by atoms with E-state index in [0.717, 1.165) is 18.2 Å². The summed E-state index contributed by atoms with van der Waals surface area (Å²) in [5.41, 5.74) is -0.767. The van der Waals surface area contributed by atoms with Crippen molar-refractivity contribution in [3.8, 4) is 0 Å². The van der Waals surface area contributed by atoms with E-state index in [1.54, 1.807) is 0 Å². The summed E-state index contributed by atoms with van der Waals surface area (Å²) in [4.78, 5) is -0.180. The third-order valence-corrected chi connectivity index (χ3v) is 4.75. The lowest BCUT2D eigenvalue weighted by molar-refractivity contribution is 0.246. The molecule has 17 heavy (non-hydrogen) atoms. The van der Waals surface area contributed by atoms with Crippen molar-refractivity contribution in [1.82, 2.24) is 4.72 Å². The average Bonchev–Trinajstić information content (AvgIpc) is 2.97. The van der Waals surface area contributed by atoms with Gasteiger partial charge < -0.3 is 5.11 Å². The number of hydrogen-bond donors (Lipinski definition) is 2. The Bertz CT molecular complexity index is 542. The van der Waals surface area contributed by atoms with Crippen LogP contribution in [0.4, 0.5) is 4.39 Å². The first kappa shape index (κ1) is 12.8. The largest absolute Gasteiger partial charge is 0.394 e. The van der Waals surface area contributed by atoms with E-state index in [1.165, 1.54) is 0 Å². The summed E-state index contributed by atoms with van der Waals surface area (Å²) >= 11 is 5.68. The van der Waals surface area contributed by atoms with Crippen LogP contribution in [0.1, 0.15) is 12.8 Å². The van der Waals surface area contributed by atoms with Gasteiger partial charge in [0, 0.05) is 0 Å². The van der Waals surface area contributed by atoms with E-state index < -0.39 is 21.4 Å². The van der Waals surface area contributed by atoms with E-state index in [9.17, 15) is 12.8 Å². The monoisotopic (exact) mass is 279 g/mol. The molecule has 4 nitrogen and oxygen atoms in total. The predicted octanol–water partition coefficient (Wildman–Crippen LogP) is 1.28. The zero-order valence-corrected chi connectivity index (χ0v) is 10.4. The van der Waals surface area contributed by atoms with E-state index >= 15 is 0 Å². The minimum atomic E-state index is -3.82. The van der Waals surface area contributed by atoms with Crippen LogP contribution >= 0.6 is 11.6 Å². The molecule has 94 valence electrons. The summed E-state index contributed by atoms with van der Waals surface area (Å²) in [6.45, 7) is -0.259. The molecule has 0 saturated heterocycles. The van der Waals surface area contributed by atoms with Crippen LogP contribution in [0.25, 0.3) is 0 Å². The van der Waals surface area contributed by atoms with Crippen LogP contribution in [0.5, 0.6) is 0 Å². The molecule has 2 N–H and O–H groups in total. The highest BCUT2D eigenvalue weighted by Crippen LogP contribution is 2.36. The summed E-state index contributed by atoms with van der Waals surface area (Å²) in [5, 5.41) is 8.89. The van der Waals surface area contributed by atoms with E-state index in [0.29, 0.717) is 12.8 Å². The first-order valence-electron chi connectivity index (χ1n) is 4.98.